The van der Waals surface area contributed by atoms with Gasteiger partial charge >= 0.3 is 0 Å². The average molecular weight is 371 g/mol. The fraction of sp³-hybridized carbons (Fsp3) is 0.571. The summed E-state index contributed by atoms with van der Waals surface area (Å²) in [5.74, 6) is -0.271. The van der Waals surface area contributed by atoms with Crippen LogP contribution in [0.25, 0.3) is 0 Å². The van der Waals surface area contributed by atoms with E-state index >= 15 is 0 Å². The molecule has 0 radical (unpaired) electrons. The number of rotatable bonds is 4. The van der Waals surface area contributed by atoms with E-state index in [0.29, 0.717) is 32.5 Å². The Morgan fingerprint density at radius 2 is 2.07 bits per heavy atom. The molecule has 2 fully saturated rings. The summed E-state index contributed by atoms with van der Waals surface area (Å²) in [6.07, 6.45) is 1.07. The van der Waals surface area contributed by atoms with Crippen molar-refractivity contribution in [2.75, 3.05) is 13.1 Å². The van der Waals surface area contributed by atoms with E-state index in [1.54, 1.807) is 4.90 Å². The molecule has 2 atom stereocenters. The van der Waals surface area contributed by atoms with Crippen LogP contribution < -0.4 is 10.6 Å². The highest BCUT2D eigenvalue weighted by Gasteiger charge is 2.53. The monoisotopic (exact) mass is 371 g/mol. The summed E-state index contributed by atoms with van der Waals surface area (Å²) < 4.78 is 0. The van der Waals surface area contributed by atoms with Gasteiger partial charge in [-0.05, 0) is 37.8 Å². The molecule has 0 aromatic heterocycles. The predicted molar refractivity (Wildman–Crippen MR) is 103 cm³/mol. The van der Waals surface area contributed by atoms with Crippen LogP contribution in [0.2, 0.25) is 0 Å². The maximum absolute atomic E-state index is 12.6. The third kappa shape index (κ3) is 3.84. The van der Waals surface area contributed by atoms with E-state index in [2.05, 4.69) is 16.7 Å². The third-order valence-electron chi connectivity index (χ3n) is 5.82. The minimum Gasteiger partial charge on any atom is -0.350 e. The molecule has 6 heteroatoms. The molecule has 27 heavy (non-hydrogen) atoms. The van der Waals surface area contributed by atoms with E-state index in [1.165, 1.54) is 0 Å². The van der Waals surface area contributed by atoms with Crippen LogP contribution in [0.4, 0.5) is 0 Å². The van der Waals surface area contributed by atoms with Gasteiger partial charge in [0.2, 0.25) is 17.7 Å². The summed E-state index contributed by atoms with van der Waals surface area (Å²) in [4.78, 5) is 39.2. The number of hydrogen-bond acceptors (Lipinski definition) is 3. The molecule has 6 nitrogen and oxygen atoms in total. The van der Waals surface area contributed by atoms with Gasteiger partial charge in [0.05, 0.1) is 5.41 Å². The van der Waals surface area contributed by atoms with Gasteiger partial charge in [-0.3, -0.25) is 14.4 Å². The lowest BCUT2D eigenvalue weighted by Gasteiger charge is -2.22. The van der Waals surface area contributed by atoms with Gasteiger partial charge in [0.25, 0.3) is 0 Å². The summed E-state index contributed by atoms with van der Waals surface area (Å²) in [6.45, 7) is 9.22. The fourth-order valence-electron chi connectivity index (χ4n) is 4.08. The van der Waals surface area contributed by atoms with E-state index in [1.807, 2.05) is 39.8 Å². The molecular weight excluding hydrogens is 342 g/mol. The number of nitrogens with one attached hydrogen (secondary N) is 2. The van der Waals surface area contributed by atoms with E-state index in [-0.39, 0.29) is 23.6 Å². The first-order valence-electron chi connectivity index (χ1n) is 9.65. The van der Waals surface area contributed by atoms with E-state index in [9.17, 15) is 14.4 Å². The van der Waals surface area contributed by atoms with Gasteiger partial charge in [-0.25, -0.2) is 0 Å². The minimum atomic E-state index is -0.619. The van der Waals surface area contributed by atoms with Crippen LogP contribution in [-0.4, -0.2) is 41.8 Å². The number of carbonyl (C=O) groups excluding carboxylic acids is 3. The Kier molecular flexibility index (Phi) is 5.27. The second-order valence-electron chi connectivity index (χ2n) is 8.32. The Hall–Kier alpha value is -2.37. The summed E-state index contributed by atoms with van der Waals surface area (Å²) >= 11 is 0. The van der Waals surface area contributed by atoms with E-state index < -0.39 is 11.5 Å². The number of benzene rings is 1. The Balaban J connectivity index is 1.61. The highest BCUT2D eigenvalue weighted by Crippen LogP contribution is 2.40. The highest BCUT2D eigenvalue weighted by atomic mass is 16.2. The Morgan fingerprint density at radius 3 is 2.78 bits per heavy atom. The summed E-state index contributed by atoms with van der Waals surface area (Å²) in [6, 6.07) is 5.63. The number of likely N-dealkylation sites (tertiary alicyclic amines) is 1. The first-order chi connectivity index (χ1) is 12.7. The van der Waals surface area contributed by atoms with Gasteiger partial charge in [0.15, 0.2) is 0 Å². The van der Waals surface area contributed by atoms with Crippen molar-refractivity contribution in [2.45, 2.75) is 53.1 Å². The lowest BCUT2D eigenvalue weighted by Crippen LogP contribution is -2.41. The lowest BCUT2D eigenvalue weighted by molar-refractivity contribution is -0.134. The van der Waals surface area contributed by atoms with Crippen molar-refractivity contribution < 1.29 is 14.4 Å². The maximum Gasteiger partial charge on any atom is 0.242 e. The number of carbonyl (C=O) groups is 3. The zero-order valence-electron chi connectivity index (χ0n) is 16.6. The summed E-state index contributed by atoms with van der Waals surface area (Å²) in [7, 11) is 0. The van der Waals surface area contributed by atoms with Crippen LogP contribution in [0.3, 0.4) is 0 Å². The molecule has 1 aromatic rings. The molecule has 0 unspecified atom stereocenters. The Morgan fingerprint density at radius 1 is 1.33 bits per heavy atom. The van der Waals surface area contributed by atoms with Crippen LogP contribution in [0.15, 0.2) is 18.2 Å². The van der Waals surface area contributed by atoms with Crippen molar-refractivity contribution in [3.63, 3.8) is 0 Å². The van der Waals surface area contributed by atoms with Crippen LogP contribution >= 0.6 is 0 Å². The molecule has 1 aromatic carbocycles. The number of amides is 3. The second kappa shape index (κ2) is 7.33. The second-order valence-corrected chi connectivity index (χ2v) is 8.32. The van der Waals surface area contributed by atoms with Crippen molar-refractivity contribution in [3.05, 3.63) is 34.9 Å². The average Bonchev–Trinajstić information content (AvgIpc) is 3.19. The zero-order valence-corrected chi connectivity index (χ0v) is 16.6. The molecule has 3 amide bonds. The first kappa shape index (κ1) is 19.4. The molecule has 2 aliphatic rings. The largest absolute Gasteiger partial charge is 0.350 e. The molecule has 0 saturated carbocycles. The van der Waals surface area contributed by atoms with Crippen LogP contribution in [0.1, 0.15) is 43.4 Å². The first-order valence-corrected chi connectivity index (χ1v) is 9.65. The molecule has 146 valence electrons. The number of aryl methyl sites for hydroxylation is 2. The topological polar surface area (TPSA) is 78.5 Å². The SMILES string of the molecule is Cc1ccc(C)c(CNC(=O)[C@@H]2C[C@@]3(CCN(C(=O)C(C)C)C3)C(=O)N2)c1. The molecular formula is C21H29N3O3. The Labute approximate surface area is 160 Å². The van der Waals surface area contributed by atoms with Crippen LogP contribution in [-0.2, 0) is 20.9 Å². The Bertz CT molecular complexity index is 774. The summed E-state index contributed by atoms with van der Waals surface area (Å²) in [5.41, 5.74) is 2.74. The van der Waals surface area contributed by atoms with Crippen molar-refractivity contribution in [2.24, 2.45) is 11.3 Å². The highest BCUT2D eigenvalue weighted by molar-refractivity contribution is 5.95. The van der Waals surface area contributed by atoms with E-state index in [0.717, 1.165) is 16.7 Å². The van der Waals surface area contributed by atoms with Gasteiger partial charge < -0.3 is 15.5 Å². The zero-order chi connectivity index (χ0) is 19.8. The van der Waals surface area contributed by atoms with Gasteiger partial charge in [-0.2, -0.15) is 0 Å². The standard InChI is InChI=1S/C21H29N3O3/c1-13(2)19(26)24-8-7-21(12-24)10-17(23-20(21)27)18(25)22-11-16-9-14(3)5-6-15(16)4/h5-6,9,13,17H,7-8,10-12H2,1-4H3,(H,22,25)(H,23,27)/t17-,21+/m0/s1. The van der Waals surface area contributed by atoms with Gasteiger partial charge in [-0.1, -0.05) is 37.6 Å². The van der Waals surface area contributed by atoms with E-state index in [4.69, 9.17) is 0 Å². The number of hydrogen-bond donors (Lipinski definition) is 2. The quantitative estimate of drug-likeness (QED) is 0.845. The molecule has 2 heterocycles. The number of nitrogens with zero attached hydrogens (tertiary/aromatic N) is 1. The van der Waals surface area contributed by atoms with Crippen molar-refractivity contribution in [3.8, 4) is 0 Å². The van der Waals surface area contributed by atoms with Gasteiger partial charge in [0.1, 0.15) is 6.04 Å². The molecule has 0 bridgehead atoms. The smallest absolute Gasteiger partial charge is 0.242 e. The van der Waals surface area contributed by atoms with Crippen molar-refractivity contribution >= 4 is 17.7 Å². The third-order valence-corrected chi connectivity index (χ3v) is 5.82. The van der Waals surface area contributed by atoms with Crippen LogP contribution in [0, 0.1) is 25.2 Å². The van der Waals surface area contributed by atoms with Gasteiger partial charge in [-0.15, -0.1) is 0 Å². The lowest BCUT2D eigenvalue weighted by atomic mass is 9.84. The normalized spacial score (nSPS) is 24.6. The summed E-state index contributed by atoms with van der Waals surface area (Å²) in [5, 5.41) is 5.80. The molecule has 2 aliphatic heterocycles. The molecule has 1 spiro atoms. The van der Waals surface area contributed by atoms with Crippen molar-refractivity contribution in [1.82, 2.24) is 15.5 Å². The maximum atomic E-state index is 12.6. The van der Waals surface area contributed by atoms with Crippen LogP contribution in [0.5, 0.6) is 0 Å². The fourth-order valence-corrected chi connectivity index (χ4v) is 4.08. The molecule has 0 aliphatic carbocycles. The molecule has 2 N–H and O–H groups in total. The van der Waals surface area contributed by atoms with Gasteiger partial charge in [0, 0.05) is 25.6 Å². The molecule has 2 saturated heterocycles. The minimum absolute atomic E-state index is 0.0718. The van der Waals surface area contributed by atoms with Crippen molar-refractivity contribution in [1.29, 1.82) is 0 Å². The molecule has 3 rings (SSSR count). The predicted octanol–water partition coefficient (Wildman–Crippen LogP) is 1.68.